The fraction of sp³-hybridized carbons (Fsp3) is 0.667. The van der Waals surface area contributed by atoms with Crippen molar-refractivity contribution in [2.24, 2.45) is 0 Å². The highest BCUT2D eigenvalue weighted by Gasteiger charge is 2.37. The highest BCUT2D eigenvalue weighted by atomic mass is 32.2. The summed E-state index contributed by atoms with van der Waals surface area (Å²) in [5.41, 5.74) is 0.652. The Bertz CT molecular complexity index is 712. The van der Waals surface area contributed by atoms with Crippen LogP contribution in [0, 0.1) is 5.82 Å². The second-order valence-corrected chi connectivity index (χ2v) is 9.14. The molecule has 3 unspecified atom stereocenters. The molecule has 0 radical (unpaired) electrons. The summed E-state index contributed by atoms with van der Waals surface area (Å²) in [4.78, 5) is 2.13. The van der Waals surface area contributed by atoms with Crippen molar-refractivity contribution in [3.8, 4) is 0 Å². The maximum atomic E-state index is 14.0. The molecule has 146 valence electrons. The Morgan fingerprint density at radius 3 is 2.19 bits per heavy atom. The van der Waals surface area contributed by atoms with Gasteiger partial charge in [-0.2, -0.15) is 17.0 Å². The van der Waals surface area contributed by atoms with Crippen LogP contribution in [0.1, 0.15) is 32.4 Å². The number of nitrogens with zero attached hydrogens (tertiary/aromatic N) is 3. The first-order valence-corrected chi connectivity index (χ1v) is 10.6. The van der Waals surface area contributed by atoms with Crippen molar-refractivity contribution in [3.63, 3.8) is 0 Å². The predicted octanol–water partition coefficient (Wildman–Crippen LogP) is 1.86. The lowest BCUT2D eigenvalue weighted by molar-refractivity contribution is -0.0458. The first-order chi connectivity index (χ1) is 12.3. The second-order valence-electron chi connectivity index (χ2n) is 7.21. The van der Waals surface area contributed by atoms with Gasteiger partial charge in [0.15, 0.2) is 0 Å². The molecule has 8 heteroatoms. The van der Waals surface area contributed by atoms with Gasteiger partial charge in [0.2, 0.25) is 0 Å². The number of piperazine rings is 1. The number of morpholine rings is 1. The van der Waals surface area contributed by atoms with Crippen molar-refractivity contribution in [1.29, 1.82) is 0 Å². The number of halogens is 1. The van der Waals surface area contributed by atoms with Gasteiger partial charge in [0.05, 0.1) is 12.2 Å². The molecule has 0 spiro atoms. The standard InChI is InChI=1S/C18H28FN3O3S/c1-14-12-22(13-15(2)25-14)26(23,24)21-10-8-20(9-11-21)16(3)17-6-4-5-7-18(17)19/h4-7,14-16H,8-13H2,1-3H3. The number of benzene rings is 1. The molecule has 0 aliphatic carbocycles. The smallest absolute Gasteiger partial charge is 0.282 e. The summed E-state index contributed by atoms with van der Waals surface area (Å²) < 4.78 is 48.6. The molecule has 3 rings (SSSR count). The lowest BCUT2D eigenvalue weighted by Crippen LogP contribution is -2.57. The average Bonchev–Trinajstić information content (AvgIpc) is 2.61. The zero-order chi connectivity index (χ0) is 18.9. The van der Waals surface area contributed by atoms with E-state index in [1.807, 2.05) is 26.8 Å². The van der Waals surface area contributed by atoms with Crippen LogP contribution in [-0.2, 0) is 14.9 Å². The Labute approximate surface area is 155 Å². The molecule has 0 saturated carbocycles. The normalized spacial score (nSPS) is 28.2. The number of hydrogen-bond donors (Lipinski definition) is 0. The zero-order valence-corrected chi connectivity index (χ0v) is 16.5. The van der Waals surface area contributed by atoms with Gasteiger partial charge in [-0.1, -0.05) is 18.2 Å². The van der Waals surface area contributed by atoms with Crippen molar-refractivity contribution in [3.05, 3.63) is 35.6 Å². The fourth-order valence-corrected chi connectivity index (χ4v) is 5.56. The third-order valence-electron chi connectivity index (χ3n) is 5.21. The molecule has 2 saturated heterocycles. The minimum absolute atomic E-state index is 0.0792. The molecular weight excluding hydrogens is 357 g/mol. The molecule has 26 heavy (non-hydrogen) atoms. The summed E-state index contributed by atoms with van der Waals surface area (Å²) in [6.07, 6.45) is -0.202. The van der Waals surface area contributed by atoms with Crippen LogP contribution in [0.4, 0.5) is 4.39 Å². The summed E-state index contributed by atoms with van der Waals surface area (Å²) >= 11 is 0. The van der Waals surface area contributed by atoms with Crippen LogP contribution < -0.4 is 0 Å². The van der Waals surface area contributed by atoms with Crippen LogP contribution in [-0.4, -0.2) is 73.4 Å². The van der Waals surface area contributed by atoms with E-state index in [4.69, 9.17) is 4.74 Å². The maximum absolute atomic E-state index is 14.0. The highest BCUT2D eigenvalue weighted by molar-refractivity contribution is 7.86. The second kappa shape index (κ2) is 7.90. The van der Waals surface area contributed by atoms with E-state index >= 15 is 0 Å². The Morgan fingerprint density at radius 2 is 1.62 bits per heavy atom. The molecule has 0 N–H and O–H groups in total. The topological polar surface area (TPSA) is 53.1 Å². The van der Waals surface area contributed by atoms with E-state index in [0.29, 0.717) is 44.8 Å². The van der Waals surface area contributed by atoms with Crippen molar-refractivity contribution >= 4 is 10.2 Å². The van der Waals surface area contributed by atoms with Crippen molar-refractivity contribution in [2.45, 2.75) is 39.0 Å². The maximum Gasteiger partial charge on any atom is 0.282 e. The van der Waals surface area contributed by atoms with E-state index in [1.54, 1.807) is 16.4 Å². The van der Waals surface area contributed by atoms with Gasteiger partial charge in [0.25, 0.3) is 10.2 Å². The van der Waals surface area contributed by atoms with Gasteiger partial charge >= 0.3 is 0 Å². The molecular formula is C18H28FN3O3S. The Balaban J connectivity index is 1.63. The van der Waals surface area contributed by atoms with E-state index in [9.17, 15) is 12.8 Å². The van der Waals surface area contributed by atoms with Crippen molar-refractivity contribution in [2.75, 3.05) is 39.3 Å². The first kappa shape index (κ1) is 19.7. The van der Waals surface area contributed by atoms with Crippen LogP contribution in [0.2, 0.25) is 0 Å². The Hall–Kier alpha value is -1.06. The van der Waals surface area contributed by atoms with Gasteiger partial charge in [0, 0.05) is 50.9 Å². The molecule has 0 aromatic heterocycles. The SMILES string of the molecule is CC1CN(S(=O)(=O)N2CCN(C(C)c3ccccc3F)CC2)CC(C)O1. The molecule has 1 aromatic carbocycles. The van der Waals surface area contributed by atoms with Crippen molar-refractivity contribution < 1.29 is 17.5 Å². The van der Waals surface area contributed by atoms with Gasteiger partial charge < -0.3 is 4.74 Å². The van der Waals surface area contributed by atoms with Gasteiger partial charge in [-0.3, -0.25) is 4.90 Å². The van der Waals surface area contributed by atoms with E-state index in [2.05, 4.69) is 4.90 Å². The molecule has 2 fully saturated rings. The quantitative estimate of drug-likeness (QED) is 0.794. The van der Waals surface area contributed by atoms with Gasteiger partial charge in [-0.05, 0) is 26.8 Å². The number of hydrogen-bond acceptors (Lipinski definition) is 4. The summed E-state index contributed by atoms with van der Waals surface area (Å²) in [6.45, 7) is 8.54. The van der Waals surface area contributed by atoms with Gasteiger partial charge in [0.1, 0.15) is 5.82 Å². The number of ether oxygens (including phenoxy) is 1. The lowest BCUT2D eigenvalue weighted by Gasteiger charge is -2.41. The number of rotatable bonds is 4. The van der Waals surface area contributed by atoms with Crippen LogP contribution in [0.3, 0.4) is 0 Å². The molecule has 0 bridgehead atoms. The summed E-state index contributed by atoms with van der Waals surface area (Å²) in [7, 11) is -3.49. The Kier molecular flexibility index (Phi) is 5.98. The minimum Gasteiger partial charge on any atom is -0.373 e. The van der Waals surface area contributed by atoms with E-state index in [1.165, 1.54) is 10.4 Å². The molecule has 0 amide bonds. The zero-order valence-electron chi connectivity index (χ0n) is 15.6. The van der Waals surface area contributed by atoms with E-state index < -0.39 is 10.2 Å². The largest absolute Gasteiger partial charge is 0.373 e. The summed E-state index contributed by atoms with van der Waals surface area (Å²) in [6, 6.07) is 6.69. The fourth-order valence-electron chi connectivity index (χ4n) is 3.81. The monoisotopic (exact) mass is 385 g/mol. The predicted molar refractivity (Wildman–Crippen MR) is 98.5 cm³/mol. The van der Waals surface area contributed by atoms with E-state index in [0.717, 1.165) is 0 Å². The van der Waals surface area contributed by atoms with Gasteiger partial charge in [-0.25, -0.2) is 4.39 Å². The molecule has 2 aliphatic heterocycles. The van der Waals surface area contributed by atoms with Crippen LogP contribution >= 0.6 is 0 Å². The van der Waals surface area contributed by atoms with Crippen LogP contribution in [0.15, 0.2) is 24.3 Å². The first-order valence-electron chi connectivity index (χ1n) is 9.18. The average molecular weight is 386 g/mol. The molecule has 1 aromatic rings. The highest BCUT2D eigenvalue weighted by Crippen LogP contribution is 2.25. The van der Waals surface area contributed by atoms with Crippen LogP contribution in [0.25, 0.3) is 0 Å². The minimum atomic E-state index is -3.49. The van der Waals surface area contributed by atoms with Crippen molar-refractivity contribution in [1.82, 2.24) is 13.5 Å². The van der Waals surface area contributed by atoms with E-state index in [-0.39, 0.29) is 24.1 Å². The Morgan fingerprint density at radius 1 is 1.04 bits per heavy atom. The lowest BCUT2D eigenvalue weighted by atomic mass is 10.1. The summed E-state index contributed by atoms with van der Waals surface area (Å²) in [5, 5.41) is 0. The summed E-state index contributed by atoms with van der Waals surface area (Å²) in [5.74, 6) is -0.216. The molecule has 3 atom stereocenters. The molecule has 2 aliphatic rings. The third-order valence-corrected chi connectivity index (χ3v) is 7.18. The van der Waals surface area contributed by atoms with Gasteiger partial charge in [-0.15, -0.1) is 0 Å². The third kappa shape index (κ3) is 4.09. The van der Waals surface area contributed by atoms with Crippen LogP contribution in [0.5, 0.6) is 0 Å². The molecule has 6 nitrogen and oxygen atoms in total. The molecule has 2 heterocycles.